The summed E-state index contributed by atoms with van der Waals surface area (Å²) < 4.78 is 4.93. The van der Waals surface area contributed by atoms with Crippen LogP contribution in [-0.2, 0) is 23.9 Å². The third kappa shape index (κ3) is 7.25. The van der Waals surface area contributed by atoms with Gasteiger partial charge in [-0.25, -0.2) is 14.6 Å². The topological polar surface area (TPSA) is 232 Å². The summed E-state index contributed by atoms with van der Waals surface area (Å²) in [5, 5.41) is 29.4. The molecule has 1 aromatic heterocycles. The van der Waals surface area contributed by atoms with E-state index in [0.717, 1.165) is 30.6 Å². The number of hydrogen-bond donors (Lipinski definition) is 7. The molecule has 3 atom stereocenters. The number of carbonyl (C=O) groups is 5. The third-order valence-corrected chi connectivity index (χ3v) is 9.09. The van der Waals surface area contributed by atoms with Crippen molar-refractivity contribution < 1.29 is 38.9 Å². The molecule has 1 saturated carbocycles. The average Bonchev–Trinajstić information content (AvgIpc) is 3.03. The highest BCUT2D eigenvalue weighted by molar-refractivity contribution is 8.00. The number of ether oxygens (including phenoxy) is 1. The van der Waals surface area contributed by atoms with Gasteiger partial charge in [0.15, 0.2) is 0 Å². The van der Waals surface area contributed by atoms with E-state index < -0.39 is 52.8 Å². The zero-order chi connectivity index (χ0) is 33.0. The van der Waals surface area contributed by atoms with Crippen molar-refractivity contribution in [3.8, 4) is 5.75 Å². The van der Waals surface area contributed by atoms with Gasteiger partial charge >= 0.3 is 18.0 Å². The molecule has 4 amide bonds. The first-order valence-electron chi connectivity index (χ1n) is 14.6. The lowest BCUT2D eigenvalue weighted by Gasteiger charge is -2.49. The van der Waals surface area contributed by atoms with Gasteiger partial charge in [-0.3, -0.25) is 29.1 Å². The summed E-state index contributed by atoms with van der Waals surface area (Å²) in [5.74, 6) is -3.16. The number of aromatic hydroxyl groups is 1. The quantitative estimate of drug-likeness (QED) is 0.142. The number of aromatic amines is 1. The number of thioether (sulfide) groups is 1. The number of hydrogen-bond acceptors (Lipinski definition) is 11. The maximum atomic E-state index is 13.5. The molecule has 1 aliphatic carbocycles. The first-order chi connectivity index (χ1) is 22.0. The molecule has 16 nitrogen and oxygen atoms in total. The number of amides is 4. The zero-order valence-corrected chi connectivity index (χ0v) is 25.5. The largest absolute Gasteiger partial charge is 0.508 e. The second-order valence-corrected chi connectivity index (χ2v) is 12.1. The van der Waals surface area contributed by atoms with Crippen LogP contribution in [-0.4, -0.2) is 84.7 Å². The lowest BCUT2D eigenvalue weighted by Crippen LogP contribution is -2.71. The van der Waals surface area contributed by atoms with E-state index in [1.54, 1.807) is 0 Å². The minimum atomic E-state index is -1.38. The van der Waals surface area contributed by atoms with Gasteiger partial charge < -0.3 is 36.2 Å². The molecular weight excluding hydrogens is 622 g/mol. The Labute approximate surface area is 266 Å². The van der Waals surface area contributed by atoms with Crippen molar-refractivity contribution in [3.05, 3.63) is 57.6 Å². The van der Waals surface area contributed by atoms with Gasteiger partial charge in [0.2, 0.25) is 11.9 Å². The first kappa shape index (κ1) is 32.3. The number of rotatable bonds is 10. The van der Waals surface area contributed by atoms with E-state index in [4.69, 9.17) is 4.74 Å². The van der Waals surface area contributed by atoms with Crippen molar-refractivity contribution in [2.24, 2.45) is 0 Å². The fourth-order valence-electron chi connectivity index (χ4n) is 5.47. The van der Waals surface area contributed by atoms with Crippen LogP contribution in [0.3, 0.4) is 0 Å². The second kappa shape index (κ2) is 13.9. The number of esters is 1. The standard InChI is InChI=1S/C29H33N7O9S/c1-14(37)45-12-16-13-46-26-21(25(41)36(26)22(16)27(42)43)33-24(40)20(15-7-9-18(38)10-8-15)34-29(44)32-19-11-30-28(35-23(19)39)31-17-5-3-2-4-6-17/h7-11,17,20-21,26,38H,2-6,12-13H2,1H3,(H,33,40)(H,42,43)(H2,32,34,44)(H2,30,31,35,39)/t20-,21?,26-/m1/s1. The number of urea groups is 1. The number of benzene rings is 1. The number of phenols is 1. The van der Waals surface area contributed by atoms with Gasteiger partial charge in [0, 0.05) is 24.3 Å². The van der Waals surface area contributed by atoms with Crippen LogP contribution in [0.5, 0.6) is 5.75 Å². The lowest BCUT2D eigenvalue weighted by atomic mass is 9.96. The summed E-state index contributed by atoms with van der Waals surface area (Å²) in [6.45, 7) is 0.886. The van der Waals surface area contributed by atoms with Crippen LogP contribution in [0.2, 0.25) is 0 Å². The summed E-state index contributed by atoms with van der Waals surface area (Å²) >= 11 is 1.18. The molecule has 2 aromatic rings. The molecule has 17 heteroatoms. The number of fused-ring (bicyclic) bond motifs is 1. The van der Waals surface area contributed by atoms with E-state index in [1.807, 2.05) is 0 Å². The van der Waals surface area contributed by atoms with Crippen LogP contribution >= 0.6 is 11.8 Å². The predicted octanol–water partition coefficient (Wildman–Crippen LogP) is 1.38. The first-order valence-corrected chi connectivity index (χ1v) is 15.6. The highest BCUT2D eigenvalue weighted by atomic mass is 32.2. The van der Waals surface area contributed by atoms with Crippen molar-refractivity contribution in [1.29, 1.82) is 0 Å². The summed E-state index contributed by atoms with van der Waals surface area (Å²) in [5.41, 5.74) is -0.604. The van der Waals surface area contributed by atoms with Gasteiger partial charge in [0.1, 0.15) is 41.2 Å². The SMILES string of the molecule is CC(=O)OCC1=C(C(=O)O)N2C(=O)C(NC(=O)[C@H](NC(=O)Nc3cnc(NC4CCCCC4)[nH]c3=O)c3ccc(O)cc3)[C@H]2SC1. The van der Waals surface area contributed by atoms with Crippen molar-refractivity contribution in [3.63, 3.8) is 0 Å². The number of carbonyl (C=O) groups excluding carboxylic acids is 4. The summed E-state index contributed by atoms with van der Waals surface area (Å²) in [6.07, 6.45) is 6.47. The number of anilines is 2. The summed E-state index contributed by atoms with van der Waals surface area (Å²) in [7, 11) is 0. The van der Waals surface area contributed by atoms with Crippen LogP contribution in [0.25, 0.3) is 0 Å². The Bertz CT molecular complexity index is 1620. The Morgan fingerprint density at radius 2 is 1.85 bits per heavy atom. The number of nitrogens with one attached hydrogen (secondary N) is 5. The van der Waals surface area contributed by atoms with E-state index in [9.17, 15) is 39.0 Å². The second-order valence-electron chi connectivity index (χ2n) is 11.0. The molecule has 3 aliphatic rings. The Balaban J connectivity index is 1.27. The van der Waals surface area contributed by atoms with Crippen molar-refractivity contribution in [1.82, 2.24) is 25.5 Å². The fraction of sp³-hybridized carbons (Fsp3) is 0.414. The van der Waals surface area contributed by atoms with Crippen LogP contribution in [0.1, 0.15) is 50.6 Å². The molecule has 5 rings (SSSR count). The number of nitrogens with zero attached hydrogens (tertiary/aromatic N) is 2. The Morgan fingerprint density at radius 1 is 1.13 bits per heavy atom. The van der Waals surface area contributed by atoms with Crippen LogP contribution in [0, 0.1) is 0 Å². The molecule has 1 unspecified atom stereocenters. The maximum absolute atomic E-state index is 13.5. The van der Waals surface area contributed by atoms with Crippen LogP contribution < -0.4 is 26.8 Å². The smallest absolute Gasteiger partial charge is 0.352 e. The molecule has 3 heterocycles. The molecule has 244 valence electrons. The molecule has 0 radical (unpaired) electrons. The minimum Gasteiger partial charge on any atom is -0.508 e. The van der Waals surface area contributed by atoms with E-state index in [2.05, 4.69) is 31.2 Å². The molecule has 7 N–H and O–H groups in total. The van der Waals surface area contributed by atoms with Crippen molar-refractivity contribution in [2.75, 3.05) is 23.0 Å². The number of phenolic OH excluding ortho intramolecular Hbond substituents is 1. The molecule has 0 bridgehead atoms. The predicted molar refractivity (Wildman–Crippen MR) is 165 cm³/mol. The molecule has 2 aliphatic heterocycles. The normalized spacial score (nSPS) is 20.1. The maximum Gasteiger partial charge on any atom is 0.352 e. The van der Waals surface area contributed by atoms with Gasteiger partial charge in [0.25, 0.3) is 11.5 Å². The fourth-order valence-corrected chi connectivity index (χ4v) is 6.80. The lowest BCUT2D eigenvalue weighted by molar-refractivity contribution is -0.151. The summed E-state index contributed by atoms with van der Waals surface area (Å²) in [4.78, 5) is 83.4. The van der Waals surface area contributed by atoms with Gasteiger partial charge in [-0.2, -0.15) is 0 Å². The molecular formula is C29H33N7O9S. The molecule has 46 heavy (non-hydrogen) atoms. The van der Waals surface area contributed by atoms with Gasteiger partial charge in [0.05, 0.1) is 6.20 Å². The van der Waals surface area contributed by atoms with Gasteiger partial charge in [-0.05, 0) is 30.5 Å². The number of H-pyrrole nitrogens is 1. The zero-order valence-electron chi connectivity index (χ0n) is 24.7. The number of aromatic nitrogens is 2. The molecule has 1 saturated heterocycles. The number of β-lactam (4-membered cyclic amide) rings is 1. The van der Waals surface area contributed by atoms with Gasteiger partial charge in [-0.1, -0.05) is 31.4 Å². The van der Waals surface area contributed by atoms with E-state index >= 15 is 0 Å². The monoisotopic (exact) mass is 655 g/mol. The van der Waals surface area contributed by atoms with E-state index in [0.29, 0.717) is 0 Å². The Kier molecular flexibility index (Phi) is 9.79. The van der Waals surface area contributed by atoms with Gasteiger partial charge in [-0.15, -0.1) is 11.8 Å². The minimum absolute atomic E-state index is 0.0899. The third-order valence-electron chi connectivity index (χ3n) is 7.75. The van der Waals surface area contributed by atoms with E-state index in [-0.39, 0.29) is 52.6 Å². The molecule has 0 spiro atoms. The van der Waals surface area contributed by atoms with Crippen molar-refractivity contribution >= 4 is 53.2 Å². The highest BCUT2D eigenvalue weighted by Crippen LogP contribution is 2.40. The van der Waals surface area contributed by atoms with Crippen LogP contribution in [0.4, 0.5) is 16.4 Å². The number of carboxylic acid groups (broad SMARTS) is 1. The Hall–Kier alpha value is -5.06. The van der Waals surface area contributed by atoms with Crippen molar-refractivity contribution in [2.45, 2.75) is 62.5 Å². The van der Waals surface area contributed by atoms with E-state index in [1.165, 1.54) is 55.6 Å². The number of aliphatic carboxylic acids is 1. The summed E-state index contributed by atoms with van der Waals surface area (Å²) in [6, 6.07) is 2.18. The average molecular weight is 656 g/mol. The highest BCUT2D eigenvalue weighted by Gasteiger charge is 2.54. The number of carboxylic acids is 1. The molecule has 2 fully saturated rings. The molecule has 1 aromatic carbocycles. The Morgan fingerprint density at radius 3 is 2.50 bits per heavy atom. The van der Waals surface area contributed by atoms with Crippen LogP contribution in [0.15, 0.2) is 46.5 Å².